The largest absolute Gasteiger partial charge is 0.492 e. The second-order valence-electron chi connectivity index (χ2n) is 6.24. The molecule has 0 spiro atoms. The quantitative estimate of drug-likeness (QED) is 0.648. The van der Waals surface area contributed by atoms with Crippen molar-refractivity contribution in [2.45, 2.75) is 32.3 Å². The molecule has 2 aromatic carbocycles. The molecule has 0 aliphatic heterocycles. The van der Waals surface area contributed by atoms with Gasteiger partial charge in [0, 0.05) is 0 Å². The minimum atomic E-state index is -0.219. The second kappa shape index (κ2) is 7.90. The van der Waals surface area contributed by atoms with E-state index in [0.717, 1.165) is 41.5 Å². The normalized spacial score (nSPS) is 12.7. The van der Waals surface area contributed by atoms with E-state index < -0.39 is 0 Å². The molecule has 4 heteroatoms. The number of nitrogens with zero attached hydrogens (tertiary/aromatic N) is 2. The Hall–Kier alpha value is -2.72. The summed E-state index contributed by atoms with van der Waals surface area (Å²) in [4.78, 5) is 8.27. The van der Waals surface area contributed by atoms with E-state index in [1.807, 2.05) is 25.1 Å². The van der Waals surface area contributed by atoms with E-state index in [4.69, 9.17) is 0 Å². The lowest BCUT2D eigenvalue weighted by atomic mass is 10.0. The van der Waals surface area contributed by atoms with Crippen LogP contribution in [0, 0.1) is 0 Å². The third kappa shape index (κ3) is 4.64. The summed E-state index contributed by atoms with van der Waals surface area (Å²) in [6.07, 6.45) is 8.21. The summed E-state index contributed by atoms with van der Waals surface area (Å²) in [5, 5.41) is 18.6. The Morgan fingerprint density at radius 2 is 1.80 bits per heavy atom. The topological polar surface area (TPSA) is 66.2 Å². The van der Waals surface area contributed by atoms with Gasteiger partial charge in [-0.15, -0.1) is 0 Å². The molecule has 1 unspecified atom stereocenters. The Labute approximate surface area is 147 Å². The monoisotopic (exact) mass is 334 g/mol. The molecule has 3 aromatic rings. The highest BCUT2D eigenvalue weighted by Gasteiger charge is 2.03. The summed E-state index contributed by atoms with van der Waals surface area (Å²) >= 11 is 0. The van der Waals surface area contributed by atoms with Crippen molar-refractivity contribution < 1.29 is 10.2 Å². The summed E-state index contributed by atoms with van der Waals surface area (Å²) in [7, 11) is 0. The van der Waals surface area contributed by atoms with Crippen LogP contribution in [0.15, 0.2) is 54.7 Å². The minimum absolute atomic E-state index is 0.0650. The van der Waals surface area contributed by atoms with Gasteiger partial charge in [0.15, 0.2) is 0 Å². The molecule has 25 heavy (non-hydrogen) atoms. The Kier molecular flexibility index (Phi) is 5.41. The van der Waals surface area contributed by atoms with E-state index in [9.17, 15) is 10.2 Å². The molecule has 0 saturated carbocycles. The summed E-state index contributed by atoms with van der Waals surface area (Å²) < 4.78 is 0. The van der Waals surface area contributed by atoms with Crippen molar-refractivity contribution in [3.05, 3.63) is 60.3 Å². The second-order valence-corrected chi connectivity index (χ2v) is 6.24. The van der Waals surface area contributed by atoms with Crippen molar-refractivity contribution in [2.24, 2.45) is 0 Å². The van der Waals surface area contributed by atoms with Crippen LogP contribution in [0.5, 0.6) is 5.88 Å². The van der Waals surface area contributed by atoms with Crippen LogP contribution in [0.1, 0.15) is 31.7 Å². The Balaban J connectivity index is 1.69. The first-order valence-corrected chi connectivity index (χ1v) is 8.52. The number of allylic oxidation sites excluding steroid dienone is 1. The molecule has 0 radical (unpaired) electrons. The Morgan fingerprint density at radius 3 is 2.56 bits per heavy atom. The van der Waals surface area contributed by atoms with Crippen molar-refractivity contribution in [1.29, 1.82) is 0 Å². The minimum Gasteiger partial charge on any atom is -0.492 e. The highest BCUT2D eigenvalue weighted by molar-refractivity contribution is 5.81. The number of aliphatic hydroxyl groups is 1. The number of hydrogen-bond donors (Lipinski definition) is 2. The van der Waals surface area contributed by atoms with Crippen molar-refractivity contribution in [1.82, 2.24) is 9.97 Å². The van der Waals surface area contributed by atoms with E-state index >= 15 is 0 Å². The van der Waals surface area contributed by atoms with E-state index in [1.165, 1.54) is 6.20 Å². The van der Waals surface area contributed by atoms with Gasteiger partial charge in [0.25, 0.3) is 0 Å². The maximum Gasteiger partial charge on any atom is 0.230 e. The highest BCUT2D eigenvalue weighted by Crippen LogP contribution is 2.24. The standard InChI is InChI=1S/C21H22N2O2/c1-15(24)5-3-2-4-6-16-7-9-17(10-8-16)18-11-12-19-20(13-18)22-14-21(25)23-19/h4,6-15,24H,2-3,5H2,1H3,(H,23,25). The molecule has 0 amide bonds. The lowest BCUT2D eigenvalue weighted by Crippen LogP contribution is -1.97. The van der Waals surface area contributed by atoms with Gasteiger partial charge in [-0.2, -0.15) is 0 Å². The van der Waals surface area contributed by atoms with Crippen LogP contribution in [-0.2, 0) is 0 Å². The zero-order chi connectivity index (χ0) is 17.6. The third-order valence-corrected chi connectivity index (χ3v) is 4.08. The van der Waals surface area contributed by atoms with Crippen LogP contribution in [0.2, 0.25) is 0 Å². The van der Waals surface area contributed by atoms with Gasteiger partial charge in [0.1, 0.15) is 0 Å². The number of rotatable bonds is 6. The molecular formula is C21H22N2O2. The van der Waals surface area contributed by atoms with Crippen LogP contribution in [0.25, 0.3) is 28.2 Å². The van der Waals surface area contributed by atoms with E-state index in [-0.39, 0.29) is 12.0 Å². The fraction of sp³-hybridized carbons (Fsp3) is 0.238. The maximum atomic E-state index is 9.39. The molecule has 0 aliphatic rings. The van der Waals surface area contributed by atoms with Crippen LogP contribution in [0.4, 0.5) is 0 Å². The lowest BCUT2D eigenvalue weighted by molar-refractivity contribution is 0.182. The highest BCUT2D eigenvalue weighted by atomic mass is 16.3. The van der Waals surface area contributed by atoms with Gasteiger partial charge in [-0.05, 0) is 55.0 Å². The van der Waals surface area contributed by atoms with E-state index in [1.54, 1.807) is 0 Å². The summed E-state index contributed by atoms with van der Waals surface area (Å²) in [6.45, 7) is 1.82. The number of aliphatic hydroxyl groups excluding tert-OH is 1. The number of hydrogen-bond acceptors (Lipinski definition) is 4. The summed E-state index contributed by atoms with van der Waals surface area (Å²) in [6, 6.07) is 14.2. The van der Waals surface area contributed by atoms with Gasteiger partial charge in [0.05, 0.1) is 23.3 Å². The fourth-order valence-electron chi connectivity index (χ4n) is 2.72. The lowest BCUT2D eigenvalue weighted by Gasteiger charge is -2.04. The third-order valence-electron chi connectivity index (χ3n) is 4.08. The molecule has 2 N–H and O–H groups in total. The smallest absolute Gasteiger partial charge is 0.230 e. The molecule has 3 rings (SSSR count). The van der Waals surface area contributed by atoms with Gasteiger partial charge < -0.3 is 10.2 Å². The van der Waals surface area contributed by atoms with Crippen molar-refractivity contribution in [3.8, 4) is 17.0 Å². The van der Waals surface area contributed by atoms with Crippen molar-refractivity contribution in [2.75, 3.05) is 0 Å². The van der Waals surface area contributed by atoms with Crippen LogP contribution in [-0.4, -0.2) is 26.3 Å². The van der Waals surface area contributed by atoms with Crippen LogP contribution in [0.3, 0.4) is 0 Å². The Morgan fingerprint density at radius 1 is 1.04 bits per heavy atom. The molecule has 0 bridgehead atoms. The molecule has 1 aromatic heterocycles. The number of aromatic hydroxyl groups is 1. The van der Waals surface area contributed by atoms with Crippen LogP contribution < -0.4 is 0 Å². The van der Waals surface area contributed by atoms with E-state index in [2.05, 4.69) is 46.4 Å². The summed E-state index contributed by atoms with van der Waals surface area (Å²) in [5.41, 5.74) is 4.78. The van der Waals surface area contributed by atoms with Gasteiger partial charge in [-0.3, -0.25) is 0 Å². The predicted molar refractivity (Wildman–Crippen MR) is 101 cm³/mol. The SMILES string of the molecule is CC(O)CCCC=Cc1ccc(-c2ccc3nc(O)cnc3c2)cc1. The first-order chi connectivity index (χ1) is 12.1. The van der Waals surface area contributed by atoms with Gasteiger partial charge in [-0.25, -0.2) is 9.97 Å². The Bertz CT molecular complexity index is 871. The number of aromatic nitrogens is 2. The molecule has 0 aliphatic carbocycles. The molecule has 128 valence electrons. The molecule has 4 nitrogen and oxygen atoms in total. The molecule has 0 saturated heterocycles. The summed E-state index contributed by atoms with van der Waals surface area (Å²) in [5.74, 6) is -0.0650. The van der Waals surface area contributed by atoms with Gasteiger partial charge >= 0.3 is 0 Å². The van der Waals surface area contributed by atoms with Gasteiger partial charge in [-0.1, -0.05) is 42.5 Å². The predicted octanol–water partition coefficient (Wildman–Crippen LogP) is 4.57. The van der Waals surface area contributed by atoms with Gasteiger partial charge in [0.2, 0.25) is 5.88 Å². The number of fused-ring (bicyclic) bond motifs is 1. The molecule has 1 heterocycles. The van der Waals surface area contributed by atoms with E-state index in [0.29, 0.717) is 5.52 Å². The van der Waals surface area contributed by atoms with Crippen LogP contribution >= 0.6 is 0 Å². The molecule has 0 fully saturated rings. The fourth-order valence-corrected chi connectivity index (χ4v) is 2.72. The molecular weight excluding hydrogens is 312 g/mol. The number of unbranched alkanes of at least 4 members (excludes halogenated alkanes) is 1. The van der Waals surface area contributed by atoms with Crippen molar-refractivity contribution in [3.63, 3.8) is 0 Å². The first kappa shape index (κ1) is 17.1. The number of benzene rings is 2. The maximum absolute atomic E-state index is 9.39. The average Bonchev–Trinajstić information content (AvgIpc) is 2.61. The zero-order valence-electron chi connectivity index (χ0n) is 14.3. The first-order valence-electron chi connectivity index (χ1n) is 8.52. The average molecular weight is 334 g/mol. The molecule has 1 atom stereocenters. The zero-order valence-corrected chi connectivity index (χ0v) is 14.3. The van der Waals surface area contributed by atoms with Crippen molar-refractivity contribution >= 4 is 17.1 Å².